The Morgan fingerprint density at radius 2 is 1.93 bits per heavy atom. The molecule has 1 N–H and O–H groups in total. The van der Waals surface area contributed by atoms with Gasteiger partial charge in [0.1, 0.15) is 5.75 Å². The lowest BCUT2D eigenvalue weighted by Crippen LogP contribution is -2.52. The number of alkyl halides is 3. The quantitative estimate of drug-likeness (QED) is 0.802. The summed E-state index contributed by atoms with van der Waals surface area (Å²) in [6.07, 6.45) is -2.13. The third-order valence-electron chi connectivity index (χ3n) is 5.20. The van der Waals surface area contributed by atoms with E-state index in [9.17, 15) is 18.0 Å². The van der Waals surface area contributed by atoms with Gasteiger partial charge in [-0.2, -0.15) is 13.2 Å². The van der Waals surface area contributed by atoms with Crippen LogP contribution in [-0.4, -0.2) is 24.7 Å². The molecule has 2 aliphatic heterocycles. The summed E-state index contributed by atoms with van der Waals surface area (Å²) < 4.78 is 44.8. The van der Waals surface area contributed by atoms with E-state index in [0.29, 0.717) is 30.9 Å². The molecule has 0 spiro atoms. The van der Waals surface area contributed by atoms with Crippen LogP contribution in [0.25, 0.3) is 6.08 Å². The number of anilines is 1. The Bertz CT molecular complexity index is 926. The first kappa shape index (κ1) is 18.4. The molecule has 0 aliphatic carbocycles. The van der Waals surface area contributed by atoms with E-state index in [1.165, 1.54) is 0 Å². The van der Waals surface area contributed by atoms with Gasteiger partial charge >= 0.3 is 12.1 Å². The number of carbonyl (C=O) groups excluding carboxylic acids is 1. The van der Waals surface area contributed by atoms with Crippen molar-refractivity contribution in [2.45, 2.75) is 31.1 Å². The van der Waals surface area contributed by atoms with E-state index in [4.69, 9.17) is 4.74 Å². The van der Waals surface area contributed by atoms with Gasteiger partial charge in [0, 0.05) is 17.7 Å². The highest BCUT2D eigenvalue weighted by molar-refractivity contribution is 5.82. The Labute approximate surface area is 160 Å². The molecule has 4 rings (SSSR count). The van der Waals surface area contributed by atoms with E-state index >= 15 is 0 Å². The number of hydrogen-bond donors (Lipinski definition) is 1. The van der Waals surface area contributed by atoms with Crippen LogP contribution >= 0.6 is 0 Å². The Kier molecular flexibility index (Phi) is 4.53. The second kappa shape index (κ2) is 6.89. The summed E-state index contributed by atoms with van der Waals surface area (Å²) in [5.74, 6) is -0.722. The zero-order valence-corrected chi connectivity index (χ0v) is 15.0. The second-order valence-corrected chi connectivity index (χ2v) is 6.90. The van der Waals surface area contributed by atoms with E-state index in [0.717, 1.165) is 16.8 Å². The van der Waals surface area contributed by atoms with E-state index in [2.05, 4.69) is 11.9 Å². The molecule has 28 heavy (non-hydrogen) atoms. The lowest BCUT2D eigenvalue weighted by molar-refractivity contribution is -0.174. The Morgan fingerprint density at radius 1 is 1.18 bits per heavy atom. The molecule has 0 radical (unpaired) electrons. The van der Waals surface area contributed by atoms with Crippen LogP contribution in [0.15, 0.2) is 49.0 Å². The number of nitrogens with zero attached hydrogens (tertiary/aromatic N) is 1. The maximum absolute atomic E-state index is 12.9. The molecule has 0 bridgehead atoms. The Balaban J connectivity index is 1.85. The predicted octanol–water partition coefficient (Wildman–Crippen LogP) is 4.82. The van der Waals surface area contributed by atoms with E-state index in [1.54, 1.807) is 12.1 Å². The molecule has 0 aromatic heterocycles. The van der Waals surface area contributed by atoms with Gasteiger partial charge in [-0.3, -0.25) is 4.79 Å². The Hall–Kier alpha value is -2.96. The fourth-order valence-corrected chi connectivity index (χ4v) is 4.06. The lowest BCUT2D eigenvalue weighted by atomic mass is 9.89. The summed E-state index contributed by atoms with van der Waals surface area (Å²) >= 11 is 0. The van der Waals surface area contributed by atoms with Gasteiger partial charge in [-0.05, 0) is 25.0 Å². The number of halogens is 3. The van der Waals surface area contributed by atoms with Gasteiger partial charge in [0.15, 0.2) is 5.75 Å². The van der Waals surface area contributed by atoms with Crippen molar-refractivity contribution in [2.24, 2.45) is 0 Å². The molecule has 0 unspecified atom stereocenters. The monoisotopic (exact) mass is 388 g/mol. The number of carbonyl (C=O) groups is 1. The fraction of sp³-hybridized carbons (Fsp3) is 0.286. The van der Waals surface area contributed by atoms with E-state index in [1.807, 2.05) is 41.3 Å². The number of amides is 1. The third-order valence-corrected chi connectivity index (χ3v) is 5.20. The van der Waals surface area contributed by atoms with Crippen LogP contribution in [0.4, 0.5) is 18.9 Å². The number of rotatable bonds is 2. The second-order valence-electron chi connectivity index (χ2n) is 6.90. The van der Waals surface area contributed by atoms with Crippen molar-refractivity contribution in [2.75, 3.05) is 11.4 Å². The highest BCUT2D eigenvalue weighted by atomic mass is 19.4. The smallest absolute Gasteiger partial charge is 0.455 e. The van der Waals surface area contributed by atoms with Crippen LogP contribution in [0.2, 0.25) is 0 Å². The number of para-hydroxylation sites is 2. The summed E-state index contributed by atoms with van der Waals surface area (Å²) in [5, 5.41) is 2.21. The molecule has 2 aliphatic rings. The standard InChI is InChI=1S/C21H19F3N2O2/c1-2-13-7-5-11-17-18(13)26-12-6-9-15(25-20(27)21(22,23)24)19(26)14-8-3-4-10-16(14)28-17/h2-5,7-8,10-11,15,19H,1,6,9,12H2,(H,25,27)/t15-,19+/m0/s1. The number of ether oxygens (including phenoxy) is 1. The van der Waals surface area contributed by atoms with Crippen molar-refractivity contribution in [3.63, 3.8) is 0 Å². The predicted molar refractivity (Wildman–Crippen MR) is 100 cm³/mol. The molecule has 4 nitrogen and oxygen atoms in total. The van der Waals surface area contributed by atoms with E-state index in [-0.39, 0.29) is 0 Å². The molecule has 1 fully saturated rings. The number of fused-ring (bicyclic) bond motifs is 5. The molecular formula is C21H19F3N2O2. The highest BCUT2D eigenvalue weighted by Gasteiger charge is 2.44. The first-order valence-corrected chi connectivity index (χ1v) is 9.06. The minimum Gasteiger partial charge on any atom is -0.455 e. The molecule has 1 saturated heterocycles. The van der Waals surface area contributed by atoms with Gasteiger partial charge in [-0.1, -0.05) is 43.0 Å². The molecular weight excluding hydrogens is 369 g/mol. The van der Waals surface area contributed by atoms with E-state index < -0.39 is 24.2 Å². The maximum Gasteiger partial charge on any atom is 0.471 e. The van der Waals surface area contributed by atoms with Crippen LogP contribution in [-0.2, 0) is 4.79 Å². The highest BCUT2D eigenvalue weighted by Crippen LogP contribution is 2.49. The minimum atomic E-state index is -4.92. The number of nitrogens with one attached hydrogen (secondary N) is 1. The molecule has 2 aromatic carbocycles. The van der Waals surface area contributed by atoms with Crippen LogP contribution < -0.4 is 15.0 Å². The fourth-order valence-electron chi connectivity index (χ4n) is 4.06. The van der Waals surface area contributed by atoms with Crippen molar-refractivity contribution in [1.82, 2.24) is 5.32 Å². The average Bonchev–Trinajstić information content (AvgIpc) is 2.82. The van der Waals surface area contributed by atoms with Crippen LogP contribution in [0.5, 0.6) is 11.5 Å². The van der Waals surface area contributed by atoms with Gasteiger partial charge in [0.25, 0.3) is 0 Å². The normalized spacial score (nSPS) is 20.8. The number of benzene rings is 2. The van der Waals surface area contributed by atoms with Gasteiger partial charge in [0.05, 0.1) is 17.8 Å². The molecule has 2 heterocycles. The van der Waals surface area contributed by atoms with Crippen molar-refractivity contribution in [1.29, 1.82) is 0 Å². The van der Waals surface area contributed by atoms with Crippen molar-refractivity contribution >= 4 is 17.7 Å². The lowest BCUT2D eigenvalue weighted by Gasteiger charge is -2.43. The first-order chi connectivity index (χ1) is 13.4. The molecule has 2 aromatic rings. The Morgan fingerprint density at radius 3 is 2.68 bits per heavy atom. The molecule has 146 valence electrons. The number of piperidine rings is 1. The van der Waals surface area contributed by atoms with Gasteiger partial charge in [-0.25, -0.2) is 0 Å². The number of hydrogen-bond acceptors (Lipinski definition) is 3. The summed E-state index contributed by atoms with van der Waals surface area (Å²) in [5.41, 5.74) is 2.36. The van der Waals surface area contributed by atoms with Gasteiger partial charge < -0.3 is 15.0 Å². The minimum absolute atomic E-state index is 0.447. The van der Waals surface area contributed by atoms with Gasteiger partial charge in [-0.15, -0.1) is 0 Å². The molecule has 0 saturated carbocycles. The van der Waals surface area contributed by atoms with Crippen molar-refractivity contribution in [3.8, 4) is 11.5 Å². The molecule has 7 heteroatoms. The third kappa shape index (κ3) is 3.10. The largest absolute Gasteiger partial charge is 0.471 e. The average molecular weight is 388 g/mol. The van der Waals surface area contributed by atoms with Crippen LogP contribution in [0.3, 0.4) is 0 Å². The summed E-state index contributed by atoms with van der Waals surface area (Å²) in [6.45, 7) is 4.49. The van der Waals surface area contributed by atoms with Crippen LogP contribution in [0.1, 0.15) is 30.0 Å². The zero-order valence-electron chi connectivity index (χ0n) is 15.0. The summed E-state index contributed by atoms with van der Waals surface area (Å²) in [7, 11) is 0. The molecule has 2 atom stereocenters. The summed E-state index contributed by atoms with van der Waals surface area (Å²) in [6, 6.07) is 11.7. The zero-order chi connectivity index (χ0) is 19.9. The van der Waals surface area contributed by atoms with Crippen molar-refractivity contribution in [3.05, 3.63) is 60.2 Å². The van der Waals surface area contributed by atoms with Crippen LogP contribution in [0, 0.1) is 0 Å². The first-order valence-electron chi connectivity index (χ1n) is 9.06. The topological polar surface area (TPSA) is 41.6 Å². The molecule has 1 amide bonds. The SMILES string of the molecule is C=Cc1cccc2c1N1CCC[C@H](NC(=O)C(F)(F)F)[C@H]1c1ccccc1O2. The summed E-state index contributed by atoms with van der Waals surface area (Å²) in [4.78, 5) is 13.7. The maximum atomic E-state index is 12.9. The van der Waals surface area contributed by atoms with Gasteiger partial charge in [0.2, 0.25) is 0 Å². The van der Waals surface area contributed by atoms with Crippen molar-refractivity contribution < 1.29 is 22.7 Å².